The van der Waals surface area contributed by atoms with Crippen molar-refractivity contribution in [2.24, 2.45) is 11.3 Å². The van der Waals surface area contributed by atoms with Crippen LogP contribution < -0.4 is 0 Å². The van der Waals surface area contributed by atoms with Gasteiger partial charge in [0.2, 0.25) is 5.91 Å². The minimum absolute atomic E-state index is 0.0956. The van der Waals surface area contributed by atoms with Gasteiger partial charge in [0.15, 0.2) is 0 Å². The van der Waals surface area contributed by atoms with E-state index >= 15 is 0 Å². The van der Waals surface area contributed by atoms with E-state index in [9.17, 15) is 9.90 Å². The highest BCUT2D eigenvalue weighted by Gasteiger charge is 2.33. The molecule has 1 heterocycles. The molecule has 0 radical (unpaired) electrons. The summed E-state index contributed by atoms with van der Waals surface area (Å²) in [6, 6.07) is 0. The van der Waals surface area contributed by atoms with Crippen molar-refractivity contribution in [2.45, 2.75) is 58.0 Å². The molecule has 1 unspecified atom stereocenters. The number of ether oxygens (including phenoxy) is 1. The van der Waals surface area contributed by atoms with E-state index in [4.69, 9.17) is 4.74 Å². The molecule has 4 nitrogen and oxygen atoms in total. The highest BCUT2D eigenvalue weighted by Crippen LogP contribution is 2.32. The van der Waals surface area contributed by atoms with Crippen LogP contribution in [0.5, 0.6) is 0 Å². The zero-order chi connectivity index (χ0) is 14.6. The second kappa shape index (κ2) is 6.90. The number of hydrogen-bond donors (Lipinski definition) is 1. The van der Waals surface area contributed by atoms with Crippen LogP contribution in [0.3, 0.4) is 0 Å². The van der Waals surface area contributed by atoms with Crippen LogP contribution in [-0.2, 0) is 9.53 Å². The quantitative estimate of drug-likeness (QED) is 0.860. The first-order valence-electron chi connectivity index (χ1n) is 7.98. The van der Waals surface area contributed by atoms with Gasteiger partial charge in [-0.2, -0.15) is 0 Å². The van der Waals surface area contributed by atoms with Crippen LogP contribution >= 0.6 is 0 Å². The van der Waals surface area contributed by atoms with Gasteiger partial charge in [-0.15, -0.1) is 0 Å². The first kappa shape index (κ1) is 15.8. The van der Waals surface area contributed by atoms with Gasteiger partial charge in [-0.3, -0.25) is 4.79 Å². The molecule has 4 heteroatoms. The third-order valence-electron chi connectivity index (χ3n) is 5.11. The number of carbonyl (C=O) groups excluding carboxylic acids is 1. The summed E-state index contributed by atoms with van der Waals surface area (Å²) in [5.41, 5.74) is -0.0956. The van der Waals surface area contributed by atoms with E-state index in [1.54, 1.807) is 7.11 Å². The second-order valence-corrected chi connectivity index (χ2v) is 6.97. The minimum Gasteiger partial charge on any atom is -0.396 e. The van der Waals surface area contributed by atoms with Crippen molar-refractivity contribution >= 4 is 5.91 Å². The lowest BCUT2D eigenvalue weighted by Gasteiger charge is -2.40. The Morgan fingerprint density at radius 2 is 2.05 bits per heavy atom. The van der Waals surface area contributed by atoms with Crippen molar-refractivity contribution in [2.75, 3.05) is 26.8 Å². The molecule has 1 atom stereocenters. The molecule has 1 N–H and O–H groups in total. The summed E-state index contributed by atoms with van der Waals surface area (Å²) in [7, 11) is 1.78. The molecule has 1 saturated carbocycles. The van der Waals surface area contributed by atoms with Gasteiger partial charge in [0, 0.05) is 32.0 Å². The van der Waals surface area contributed by atoms with Gasteiger partial charge in [0.05, 0.1) is 12.7 Å². The molecule has 0 aromatic heterocycles. The van der Waals surface area contributed by atoms with Crippen molar-refractivity contribution < 1.29 is 14.6 Å². The molecule has 2 aliphatic rings. The fraction of sp³-hybridized carbons (Fsp3) is 0.938. The third kappa shape index (κ3) is 3.95. The maximum atomic E-state index is 12.4. The molecule has 1 aliphatic carbocycles. The molecule has 0 spiro atoms. The number of nitrogens with zero attached hydrogens (tertiary/aromatic N) is 1. The number of piperidine rings is 1. The first-order chi connectivity index (χ1) is 9.56. The van der Waals surface area contributed by atoms with Crippen molar-refractivity contribution in [1.82, 2.24) is 4.90 Å². The highest BCUT2D eigenvalue weighted by atomic mass is 16.5. The summed E-state index contributed by atoms with van der Waals surface area (Å²) in [4.78, 5) is 14.4. The van der Waals surface area contributed by atoms with Gasteiger partial charge >= 0.3 is 0 Å². The minimum atomic E-state index is -0.0956. The van der Waals surface area contributed by atoms with E-state index in [1.807, 2.05) is 4.90 Å². The molecule has 1 aliphatic heterocycles. The van der Waals surface area contributed by atoms with Crippen LogP contribution in [0.25, 0.3) is 0 Å². The molecule has 2 rings (SSSR count). The lowest BCUT2D eigenvalue weighted by atomic mass is 9.81. The maximum Gasteiger partial charge on any atom is 0.222 e. The van der Waals surface area contributed by atoms with Crippen LogP contribution in [0.2, 0.25) is 0 Å². The summed E-state index contributed by atoms with van der Waals surface area (Å²) in [6.07, 6.45) is 7.49. The van der Waals surface area contributed by atoms with Crippen LogP contribution in [0.1, 0.15) is 51.9 Å². The summed E-state index contributed by atoms with van der Waals surface area (Å²) in [6.45, 7) is 3.84. The zero-order valence-electron chi connectivity index (χ0n) is 12.9. The molecule has 116 valence electrons. The molecule has 0 aromatic carbocycles. The smallest absolute Gasteiger partial charge is 0.222 e. The lowest BCUT2D eigenvalue weighted by molar-refractivity contribution is -0.136. The predicted molar refractivity (Wildman–Crippen MR) is 78.4 cm³/mol. The van der Waals surface area contributed by atoms with Crippen molar-refractivity contribution in [3.8, 4) is 0 Å². The average Bonchev–Trinajstić information content (AvgIpc) is 2.48. The standard InChI is InChI=1S/C16H29NO3/c1-16(12-18)8-3-9-17(11-16)15(19)10-13-4-6-14(20-2)7-5-13/h13-14,18H,3-12H2,1-2H3. The molecule has 0 bridgehead atoms. The number of carbonyl (C=O) groups is 1. The van der Waals surface area contributed by atoms with Crippen molar-refractivity contribution in [1.29, 1.82) is 0 Å². The Kier molecular flexibility index (Phi) is 5.44. The Hall–Kier alpha value is -0.610. The number of aliphatic hydroxyl groups excluding tert-OH is 1. The molecule has 20 heavy (non-hydrogen) atoms. The van der Waals surface area contributed by atoms with Gasteiger partial charge in [0.1, 0.15) is 0 Å². The van der Waals surface area contributed by atoms with Gasteiger partial charge in [0.25, 0.3) is 0 Å². The van der Waals surface area contributed by atoms with E-state index < -0.39 is 0 Å². The Balaban J connectivity index is 1.80. The van der Waals surface area contributed by atoms with Gasteiger partial charge < -0.3 is 14.7 Å². The monoisotopic (exact) mass is 283 g/mol. The molecule has 0 aromatic rings. The Morgan fingerprint density at radius 3 is 2.65 bits per heavy atom. The third-order valence-corrected chi connectivity index (χ3v) is 5.11. The Labute approximate surface area is 122 Å². The van der Waals surface area contributed by atoms with E-state index in [0.717, 1.165) is 51.6 Å². The van der Waals surface area contributed by atoms with Crippen molar-refractivity contribution in [3.63, 3.8) is 0 Å². The van der Waals surface area contributed by atoms with E-state index in [0.29, 0.717) is 18.4 Å². The predicted octanol–water partition coefficient (Wildman–Crippen LogP) is 2.20. The molecular weight excluding hydrogens is 254 g/mol. The van der Waals surface area contributed by atoms with Gasteiger partial charge in [-0.25, -0.2) is 0 Å². The highest BCUT2D eigenvalue weighted by molar-refractivity contribution is 5.76. The van der Waals surface area contributed by atoms with Gasteiger partial charge in [-0.05, 0) is 44.4 Å². The zero-order valence-corrected chi connectivity index (χ0v) is 12.9. The number of likely N-dealkylation sites (tertiary alicyclic amines) is 1. The Bertz CT molecular complexity index is 326. The fourth-order valence-corrected chi connectivity index (χ4v) is 3.61. The summed E-state index contributed by atoms with van der Waals surface area (Å²) < 4.78 is 5.38. The van der Waals surface area contributed by atoms with Crippen LogP contribution in [0, 0.1) is 11.3 Å². The SMILES string of the molecule is COC1CCC(CC(=O)N2CCCC(C)(CO)C2)CC1. The summed E-state index contributed by atoms with van der Waals surface area (Å²) >= 11 is 0. The van der Waals surface area contributed by atoms with Crippen LogP contribution in [0.15, 0.2) is 0 Å². The van der Waals surface area contributed by atoms with E-state index in [2.05, 4.69) is 6.92 Å². The van der Waals surface area contributed by atoms with Crippen LogP contribution in [0.4, 0.5) is 0 Å². The number of hydrogen-bond acceptors (Lipinski definition) is 3. The number of aliphatic hydroxyl groups is 1. The van der Waals surface area contributed by atoms with E-state index in [-0.39, 0.29) is 17.9 Å². The Morgan fingerprint density at radius 1 is 1.35 bits per heavy atom. The topological polar surface area (TPSA) is 49.8 Å². The van der Waals surface area contributed by atoms with E-state index in [1.165, 1.54) is 0 Å². The molecule has 1 amide bonds. The average molecular weight is 283 g/mol. The number of methoxy groups -OCH3 is 1. The first-order valence-corrected chi connectivity index (χ1v) is 7.98. The second-order valence-electron chi connectivity index (χ2n) is 6.97. The summed E-state index contributed by atoms with van der Waals surface area (Å²) in [5, 5.41) is 9.48. The maximum absolute atomic E-state index is 12.4. The lowest BCUT2D eigenvalue weighted by Crippen LogP contribution is -2.46. The fourth-order valence-electron chi connectivity index (χ4n) is 3.61. The number of rotatable bonds is 4. The molecular formula is C16H29NO3. The molecule has 1 saturated heterocycles. The molecule has 2 fully saturated rings. The van der Waals surface area contributed by atoms with Crippen LogP contribution in [-0.4, -0.2) is 48.8 Å². The van der Waals surface area contributed by atoms with Gasteiger partial charge in [-0.1, -0.05) is 6.92 Å². The number of amides is 1. The largest absolute Gasteiger partial charge is 0.396 e. The van der Waals surface area contributed by atoms with Crippen molar-refractivity contribution in [3.05, 3.63) is 0 Å². The normalized spacial score (nSPS) is 35.0. The summed E-state index contributed by atoms with van der Waals surface area (Å²) in [5.74, 6) is 0.807.